The van der Waals surface area contributed by atoms with E-state index in [0.717, 1.165) is 24.7 Å². The summed E-state index contributed by atoms with van der Waals surface area (Å²) in [4.78, 5) is 16.6. The van der Waals surface area contributed by atoms with E-state index in [9.17, 15) is 4.79 Å². The van der Waals surface area contributed by atoms with Crippen molar-refractivity contribution in [1.82, 2.24) is 9.80 Å². The van der Waals surface area contributed by atoms with Crippen molar-refractivity contribution < 1.29 is 14.3 Å². The number of hydrogen-bond donors (Lipinski definition) is 0. The molecule has 2 aromatic rings. The van der Waals surface area contributed by atoms with Crippen LogP contribution in [0.4, 0.5) is 0 Å². The van der Waals surface area contributed by atoms with E-state index in [4.69, 9.17) is 21.1 Å². The highest BCUT2D eigenvalue weighted by atomic mass is 35.5. The number of carbonyl (C=O) groups is 1. The molecule has 1 saturated heterocycles. The van der Waals surface area contributed by atoms with Gasteiger partial charge in [-0.25, -0.2) is 0 Å². The van der Waals surface area contributed by atoms with Crippen LogP contribution in [0.2, 0.25) is 5.02 Å². The molecule has 138 valence electrons. The predicted octanol–water partition coefficient (Wildman–Crippen LogP) is 3.07. The molecule has 6 heteroatoms. The number of benzene rings is 2. The molecule has 1 amide bonds. The van der Waals surface area contributed by atoms with E-state index >= 15 is 0 Å². The zero-order valence-corrected chi connectivity index (χ0v) is 15.6. The van der Waals surface area contributed by atoms with Crippen molar-refractivity contribution in [2.45, 2.75) is 6.54 Å². The van der Waals surface area contributed by atoms with E-state index in [1.165, 1.54) is 5.56 Å². The number of hydrogen-bond acceptors (Lipinski definition) is 4. The minimum Gasteiger partial charge on any atom is -0.493 e. The summed E-state index contributed by atoms with van der Waals surface area (Å²) < 4.78 is 10.9. The van der Waals surface area contributed by atoms with Crippen LogP contribution in [0.5, 0.6) is 11.5 Å². The standard InChI is InChI=1S/C20H23ClN2O3/c1-25-18-4-2-3-5-19(18)26-15-20(24)23-12-10-22(11-13-23)14-16-6-8-17(21)9-7-16/h2-9H,10-15H2,1H3. The Hall–Kier alpha value is -2.24. The first-order valence-corrected chi connectivity index (χ1v) is 9.04. The maximum atomic E-state index is 12.4. The van der Waals surface area contributed by atoms with Crippen LogP contribution in [0.1, 0.15) is 5.56 Å². The lowest BCUT2D eigenvalue weighted by molar-refractivity contribution is -0.135. The van der Waals surface area contributed by atoms with E-state index < -0.39 is 0 Å². The molecule has 0 spiro atoms. The molecule has 0 saturated carbocycles. The monoisotopic (exact) mass is 374 g/mol. The van der Waals surface area contributed by atoms with Crippen molar-refractivity contribution in [2.75, 3.05) is 39.9 Å². The number of halogens is 1. The van der Waals surface area contributed by atoms with Crippen molar-refractivity contribution in [3.63, 3.8) is 0 Å². The molecule has 26 heavy (non-hydrogen) atoms. The molecular weight excluding hydrogens is 352 g/mol. The number of amides is 1. The Morgan fingerprint density at radius 2 is 1.65 bits per heavy atom. The SMILES string of the molecule is COc1ccccc1OCC(=O)N1CCN(Cc2ccc(Cl)cc2)CC1. The molecule has 0 aromatic heterocycles. The first-order chi connectivity index (χ1) is 12.7. The predicted molar refractivity (Wildman–Crippen MR) is 102 cm³/mol. The maximum absolute atomic E-state index is 12.4. The van der Waals surface area contributed by atoms with Gasteiger partial charge >= 0.3 is 0 Å². The summed E-state index contributed by atoms with van der Waals surface area (Å²) in [6.07, 6.45) is 0. The van der Waals surface area contributed by atoms with E-state index in [2.05, 4.69) is 4.90 Å². The van der Waals surface area contributed by atoms with Crippen molar-refractivity contribution in [2.24, 2.45) is 0 Å². The number of para-hydroxylation sites is 2. The molecule has 1 heterocycles. The Kier molecular flexibility index (Phi) is 6.36. The summed E-state index contributed by atoms with van der Waals surface area (Å²) in [5, 5.41) is 0.749. The summed E-state index contributed by atoms with van der Waals surface area (Å²) in [5.74, 6) is 1.22. The lowest BCUT2D eigenvalue weighted by Crippen LogP contribution is -2.49. The zero-order chi connectivity index (χ0) is 18.4. The zero-order valence-electron chi connectivity index (χ0n) is 14.9. The largest absolute Gasteiger partial charge is 0.493 e. The fraction of sp³-hybridized carbons (Fsp3) is 0.350. The van der Waals surface area contributed by atoms with E-state index in [0.29, 0.717) is 24.6 Å². The third-order valence-electron chi connectivity index (χ3n) is 4.46. The van der Waals surface area contributed by atoms with Crippen LogP contribution in [0.3, 0.4) is 0 Å². The summed E-state index contributed by atoms with van der Waals surface area (Å²) in [6.45, 7) is 4.02. The molecular formula is C20H23ClN2O3. The summed E-state index contributed by atoms with van der Waals surface area (Å²) >= 11 is 5.92. The average Bonchev–Trinajstić information content (AvgIpc) is 2.68. The average molecular weight is 375 g/mol. The number of nitrogens with zero attached hydrogens (tertiary/aromatic N) is 2. The Balaban J connectivity index is 1.45. The highest BCUT2D eigenvalue weighted by molar-refractivity contribution is 6.30. The van der Waals surface area contributed by atoms with Crippen molar-refractivity contribution >= 4 is 17.5 Å². The van der Waals surface area contributed by atoms with Gasteiger partial charge in [-0.3, -0.25) is 9.69 Å². The van der Waals surface area contributed by atoms with Gasteiger partial charge in [0, 0.05) is 37.7 Å². The van der Waals surface area contributed by atoms with Crippen LogP contribution in [-0.2, 0) is 11.3 Å². The lowest BCUT2D eigenvalue weighted by atomic mass is 10.2. The summed E-state index contributed by atoms with van der Waals surface area (Å²) in [7, 11) is 1.59. The minimum absolute atomic E-state index is 0.00190. The Labute approximate surface area is 159 Å². The van der Waals surface area contributed by atoms with Crippen molar-refractivity contribution in [1.29, 1.82) is 0 Å². The number of rotatable bonds is 6. The molecule has 0 bridgehead atoms. The number of carbonyl (C=O) groups excluding carboxylic acids is 1. The Morgan fingerprint density at radius 1 is 1.00 bits per heavy atom. The van der Waals surface area contributed by atoms with Crippen LogP contribution in [0.25, 0.3) is 0 Å². The van der Waals surface area contributed by atoms with Crippen LogP contribution >= 0.6 is 11.6 Å². The van der Waals surface area contributed by atoms with Gasteiger partial charge in [0.15, 0.2) is 18.1 Å². The van der Waals surface area contributed by atoms with E-state index in [1.807, 2.05) is 47.4 Å². The molecule has 0 radical (unpaired) electrons. The van der Waals surface area contributed by atoms with E-state index in [1.54, 1.807) is 13.2 Å². The highest BCUT2D eigenvalue weighted by Gasteiger charge is 2.21. The van der Waals surface area contributed by atoms with Gasteiger partial charge in [-0.05, 0) is 29.8 Å². The minimum atomic E-state index is 0.00190. The molecule has 2 aromatic carbocycles. The first kappa shape index (κ1) is 18.5. The fourth-order valence-electron chi connectivity index (χ4n) is 2.97. The van der Waals surface area contributed by atoms with Gasteiger partial charge in [0.2, 0.25) is 0 Å². The van der Waals surface area contributed by atoms with Gasteiger partial charge in [0.1, 0.15) is 0 Å². The molecule has 1 fully saturated rings. The molecule has 1 aliphatic heterocycles. The Bertz CT molecular complexity index is 728. The molecule has 0 aliphatic carbocycles. The molecule has 0 N–H and O–H groups in total. The summed E-state index contributed by atoms with van der Waals surface area (Å²) in [6, 6.07) is 15.2. The second kappa shape index (κ2) is 8.92. The van der Waals surface area contributed by atoms with Crippen molar-refractivity contribution in [3.05, 3.63) is 59.1 Å². The normalized spacial score (nSPS) is 14.9. The van der Waals surface area contributed by atoms with Crippen LogP contribution in [0, 0.1) is 0 Å². The third-order valence-corrected chi connectivity index (χ3v) is 4.72. The van der Waals surface area contributed by atoms with Gasteiger partial charge in [-0.15, -0.1) is 0 Å². The lowest BCUT2D eigenvalue weighted by Gasteiger charge is -2.34. The van der Waals surface area contributed by atoms with Gasteiger partial charge < -0.3 is 14.4 Å². The molecule has 0 unspecified atom stereocenters. The second-order valence-electron chi connectivity index (χ2n) is 6.22. The molecule has 1 aliphatic rings. The van der Waals surface area contributed by atoms with Crippen LogP contribution < -0.4 is 9.47 Å². The second-order valence-corrected chi connectivity index (χ2v) is 6.66. The smallest absolute Gasteiger partial charge is 0.260 e. The molecule has 0 atom stereocenters. The topological polar surface area (TPSA) is 42.0 Å². The summed E-state index contributed by atoms with van der Waals surface area (Å²) in [5.41, 5.74) is 1.23. The molecule has 5 nitrogen and oxygen atoms in total. The van der Waals surface area contributed by atoms with Crippen molar-refractivity contribution in [3.8, 4) is 11.5 Å². The first-order valence-electron chi connectivity index (χ1n) is 8.66. The number of piperazine rings is 1. The number of ether oxygens (including phenoxy) is 2. The van der Waals surface area contributed by atoms with E-state index in [-0.39, 0.29) is 12.5 Å². The maximum Gasteiger partial charge on any atom is 0.260 e. The highest BCUT2D eigenvalue weighted by Crippen LogP contribution is 2.25. The Morgan fingerprint density at radius 3 is 2.31 bits per heavy atom. The third kappa shape index (κ3) is 4.90. The quantitative estimate of drug-likeness (QED) is 0.779. The van der Waals surface area contributed by atoms with Crippen LogP contribution in [0.15, 0.2) is 48.5 Å². The molecule has 3 rings (SSSR count). The number of methoxy groups -OCH3 is 1. The van der Waals surface area contributed by atoms with Crippen LogP contribution in [-0.4, -0.2) is 55.6 Å². The van der Waals surface area contributed by atoms with Gasteiger partial charge in [0.25, 0.3) is 5.91 Å². The van der Waals surface area contributed by atoms with Gasteiger partial charge in [0.05, 0.1) is 7.11 Å². The van der Waals surface area contributed by atoms with Gasteiger partial charge in [-0.2, -0.15) is 0 Å². The fourth-order valence-corrected chi connectivity index (χ4v) is 3.10. The van der Waals surface area contributed by atoms with Gasteiger partial charge in [-0.1, -0.05) is 35.9 Å².